The molecule has 0 saturated carbocycles. The van der Waals surface area contributed by atoms with Crippen LogP contribution in [0.4, 0.5) is 4.39 Å². The summed E-state index contributed by atoms with van der Waals surface area (Å²) in [4.78, 5) is 0. The van der Waals surface area contributed by atoms with E-state index in [-0.39, 0.29) is 12.4 Å². The Morgan fingerprint density at radius 3 is 2.79 bits per heavy atom. The van der Waals surface area contributed by atoms with Gasteiger partial charge in [-0.05, 0) is 36.8 Å². The molecule has 0 aliphatic rings. The van der Waals surface area contributed by atoms with Crippen LogP contribution in [0, 0.1) is 10.6 Å². The fourth-order valence-corrected chi connectivity index (χ4v) is 3.54. The van der Waals surface area contributed by atoms with E-state index in [0.29, 0.717) is 28.4 Å². The maximum Gasteiger partial charge on any atom is 0.214 e. The third-order valence-electron chi connectivity index (χ3n) is 4.35. The number of aryl methyl sites for hydroxylation is 1. The van der Waals surface area contributed by atoms with Gasteiger partial charge in [0.1, 0.15) is 12.4 Å². The van der Waals surface area contributed by atoms with Crippen molar-refractivity contribution in [1.82, 2.24) is 14.9 Å². The Morgan fingerprint density at radius 1 is 1.28 bits per heavy atom. The van der Waals surface area contributed by atoms with Gasteiger partial charge in [0.15, 0.2) is 17.3 Å². The molecule has 1 aromatic heterocycles. The third-order valence-corrected chi connectivity index (χ3v) is 5.36. The van der Waals surface area contributed by atoms with Crippen LogP contribution in [0.3, 0.4) is 0 Å². The van der Waals surface area contributed by atoms with Crippen molar-refractivity contribution in [3.8, 4) is 11.5 Å². The first-order chi connectivity index (χ1) is 14.0. The summed E-state index contributed by atoms with van der Waals surface area (Å²) in [6, 6.07) is 10.2. The molecule has 29 heavy (non-hydrogen) atoms. The molecule has 0 fully saturated rings. The Hall–Kier alpha value is -2.39. The molecule has 0 saturated heterocycles. The average molecular weight is 481 g/mol. The topological polar surface area (TPSA) is 64.1 Å². The van der Waals surface area contributed by atoms with Gasteiger partial charge in [0.25, 0.3) is 0 Å². The highest BCUT2D eigenvalue weighted by Gasteiger charge is 2.16. The highest BCUT2D eigenvalue weighted by atomic mass is 79.9. The van der Waals surface area contributed by atoms with E-state index in [0.717, 1.165) is 28.7 Å². The quantitative estimate of drug-likeness (QED) is 0.415. The van der Waals surface area contributed by atoms with E-state index >= 15 is 0 Å². The van der Waals surface area contributed by atoms with Crippen LogP contribution in [0.1, 0.15) is 30.3 Å². The van der Waals surface area contributed by atoms with Crippen LogP contribution in [-0.4, -0.2) is 22.0 Å². The average Bonchev–Trinajstić information content (AvgIpc) is 3.06. The molecule has 0 unspecified atom stereocenters. The molecular formula is C20H22BrFN4O2S. The number of H-pyrrole nitrogens is 1. The highest BCUT2D eigenvalue weighted by molar-refractivity contribution is 9.10. The van der Waals surface area contributed by atoms with Crippen molar-refractivity contribution in [2.24, 2.45) is 0 Å². The van der Waals surface area contributed by atoms with Gasteiger partial charge in [0.05, 0.1) is 13.7 Å². The second-order valence-corrected chi connectivity index (χ2v) is 7.54. The number of methoxy groups -OCH3 is 1. The van der Waals surface area contributed by atoms with E-state index in [2.05, 4.69) is 38.5 Å². The lowest BCUT2D eigenvalue weighted by atomic mass is 10.1. The summed E-state index contributed by atoms with van der Waals surface area (Å²) in [6.45, 7) is 2.56. The molecule has 2 aromatic carbocycles. The van der Waals surface area contributed by atoms with E-state index < -0.39 is 0 Å². The lowest BCUT2D eigenvalue weighted by Gasteiger charge is -2.18. The highest BCUT2D eigenvalue weighted by Crippen LogP contribution is 2.37. The number of hydrogen-bond acceptors (Lipinski definition) is 5. The van der Waals surface area contributed by atoms with E-state index in [4.69, 9.17) is 21.7 Å². The van der Waals surface area contributed by atoms with Crippen molar-refractivity contribution in [3.05, 3.63) is 68.4 Å². The Balaban J connectivity index is 1.87. The predicted octanol–water partition coefficient (Wildman–Crippen LogP) is 5.13. The van der Waals surface area contributed by atoms with Gasteiger partial charge in [-0.15, -0.1) is 0 Å². The number of nitrogens with one attached hydrogen (secondary N) is 2. The summed E-state index contributed by atoms with van der Waals surface area (Å²) < 4.78 is 28.5. The van der Waals surface area contributed by atoms with Gasteiger partial charge < -0.3 is 14.9 Å². The van der Waals surface area contributed by atoms with E-state index in [1.165, 1.54) is 6.07 Å². The minimum absolute atomic E-state index is 0.0821. The van der Waals surface area contributed by atoms with Crippen molar-refractivity contribution < 1.29 is 13.9 Å². The first-order valence-corrected chi connectivity index (χ1v) is 10.4. The minimum Gasteiger partial charge on any atom is -0.493 e. The van der Waals surface area contributed by atoms with E-state index in [9.17, 15) is 4.39 Å². The second kappa shape index (κ2) is 9.89. The fourth-order valence-electron chi connectivity index (χ4n) is 2.87. The van der Waals surface area contributed by atoms with Gasteiger partial charge in [0, 0.05) is 22.0 Å². The molecule has 2 N–H and O–H groups in total. The summed E-state index contributed by atoms with van der Waals surface area (Å²) >= 11 is 8.89. The Bertz CT molecular complexity index is 1040. The fraction of sp³-hybridized carbons (Fsp3) is 0.300. The number of hydrogen-bond donors (Lipinski definition) is 2. The third kappa shape index (κ3) is 4.97. The van der Waals surface area contributed by atoms with Crippen LogP contribution < -0.4 is 14.9 Å². The number of benzene rings is 2. The monoisotopic (exact) mass is 480 g/mol. The molecule has 0 amide bonds. The zero-order valence-electron chi connectivity index (χ0n) is 16.2. The molecule has 0 bridgehead atoms. The molecule has 3 aromatic rings. The summed E-state index contributed by atoms with van der Waals surface area (Å²) in [7, 11) is 1.57. The Morgan fingerprint density at radius 2 is 2.07 bits per heavy atom. The van der Waals surface area contributed by atoms with Gasteiger partial charge >= 0.3 is 0 Å². The lowest BCUT2D eigenvalue weighted by Crippen LogP contribution is -2.18. The zero-order chi connectivity index (χ0) is 20.8. The van der Waals surface area contributed by atoms with Gasteiger partial charge in [-0.1, -0.05) is 41.1 Å². The summed E-state index contributed by atoms with van der Waals surface area (Å²) in [5, 5.41) is 7.06. The van der Waals surface area contributed by atoms with E-state index in [1.54, 1.807) is 36.1 Å². The Labute approximate surface area is 182 Å². The van der Waals surface area contributed by atoms with Crippen LogP contribution in [0.2, 0.25) is 0 Å². The van der Waals surface area contributed by atoms with Crippen molar-refractivity contribution in [2.45, 2.75) is 32.9 Å². The summed E-state index contributed by atoms with van der Waals surface area (Å²) in [5.41, 5.74) is 4.58. The molecule has 6 nitrogen and oxygen atoms in total. The lowest BCUT2D eigenvalue weighted by molar-refractivity contribution is 0.276. The molecule has 9 heteroatoms. The van der Waals surface area contributed by atoms with Crippen LogP contribution in [-0.2, 0) is 19.6 Å². The van der Waals surface area contributed by atoms with Crippen LogP contribution in [0.15, 0.2) is 40.9 Å². The first-order valence-electron chi connectivity index (χ1n) is 9.16. The number of rotatable bonds is 9. The normalized spacial score (nSPS) is 10.8. The van der Waals surface area contributed by atoms with Crippen molar-refractivity contribution in [3.63, 3.8) is 0 Å². The van der Waals surface area contributed by atoms with Gasteiger partial charge in [0.2, 0.25) is 4.77 Å². The molecule has 3 rings (SSSR count). The number of aromatic amines is 1. The van der Waals surface area contributed by atoms with Gasteiger partial charge in [-0.2, -0.15) is 5.10 Å². The number of halogens is 2. The standard InChI is InChI=1S/C20H22BrFN4O2S/c1-3-6-18-24-25-20(29)26(18)23-11-14-15(21)9-10-17(27-2)19(14)28-12-13-7-4-5-8-16(13)22/h4-5,7-10,23H,3,6,11-12H2,1-2H3,(H,25,29). The molecule has 0 radical (unpaired) electrons. The van der Waals surface area contributed by atoms with Crippen LogP contribution in [0.25, 0.3) is 0 Å². The smallest absolute Gasteiger partial charge is 0.214 e. The van der Waals surface area contributed by atoms with Crippen molar-refractivity contribution in [1.29, 1.82) is 0 Å². The Kier molecular flexibility index (Phi) is 7.27. The molecular weight excluding hydrogens is 459 g/mol. The van der Waals surface area contributed by atoms with Crippen LogP contribution >= 0.6 is 28.1 Å². The number of ether oxygens (including phenoxy) is 2. The summed E-state index contributed by atoms with van der Waals surface area (Å²) in [5.74, 6) is 1.61. The molecule has 0 aliphatic carbocycles. The second-order valence-electron chi connectivity index (χ2n) is 6.30. The van der Waals surface area contributed by atoms with Crippen LogP contribution in [0.5, 0.6) is 11.5 Å². The molecule has 0 spiro atoms. The molecule has 154 valence electrons. The molecule has 0 atom stereocenters. The predicted molar refractivity (Wildman–Crippen MR) is 116 cm³/mol. The molecule has 0 aliphatic heterocycles. The minimum atomic E-state index is -0.310. The maximum absolute atomic E-state index is 14.0. The largest absolute Gasteiger partial charge is 0.493 e. The zero-order valence-corrected chi connectivity index (χ0v) is 18.6. The first kappa shape index (κ1) is 21.3. The van der Waals surface area contributed by atoms with Gasteiger partial charge in [-0.3, -0.25) is 5.10 Å². The number of nitrogens with zero attached hydrogens (tertiary/aromatic N) is 2. The van der Waals surface area contributed by atoms with Gasteiger partial charge in [-0.25, -0.2) is 9.07 Å². The van der Waals surface area contributed by atoms with Crippen molar-refractivity contribution in [2.75, 3.05) is 12.5 Å². The number of aromatic nitrogens is 3. The van der Waals surface area contributed by atoms with Crippen molar-refractivity contribution >= 4 is 28.1 Å². The molecule has 1 heterocycles. The maximum atomic E-state index is 14.0. The summed E-state index contributed by atoms with van der Waals surface area (Å²) in [6.07, 6.45) is 1.73. The SMILES string of the molecule is CCCc1n[nH]c(=S)n1NCc1c(Br)ccc(OC)c1OCc1ccccc1F. The van der Waals surface area contributed by atoms with E-state index in [1.807, 2.05) is 6.07 Å².